The third-order valence-electron chi connectivity index (χ3n) is 4.38. The summed E-state index contributed by atoms with van der Waals surface area (Å²) in [6.07, 6.45) is 2.77. The fourth-order valence-corrected chi connectivity index (χ4v) is 2.79. The number of rotatable bonds is 8. The number of unbranched alkanes of at least 4 members (excludes halogenated alkanes) is 2. The zero-order chi connectivity index (χ0) is 18.4. The molecule has 0 spiro atoms. The van der Waals surface area contributed by atoms with Gasteiger partial charge in [0.2, 0.25) is 0 Å². The molecule has 2 N–H and O–H groups in total. The molecule has 25 heavy (non-hydrogen) atoms. The summed E-state index contributed by atoms with van der Waals surface area (Å²) in [6.45, 7) is 3.52. The van der Waals surface area contributed by atoms with Crippen molar-refractivity contribution in [3.63, 3.8) is 0 Å². The van der Waals surface area contributed by atoms with E-state index in [4.69, 9.17) is 0 Å². The van der Waals surface area contributed by atoms with Gasteiger partial charge in [0, 0.05) is 12.8 Å². The average molecular weight is 340 g/mol. The molecule has 0 saturated heterocycles. The van der Waals surface area contributed by atoms with E-state index in [2.05, 4.69) is 0 Å². The molecule has 0 bridgehead atoms. The fourth-order valence-electron chi connectivity index (χ4n) is 2.79. The van der Waals surface area contributed by atoms with E-state index in [0.29, 0.717) is 47.9 Å². The van der Waals surface area contributed by atoms with E-state index in [-0.39, 0.29) is 23.1 Å². The Kier molecular flexibility index (Phi) is 6.34. The molecule has 4 heteroatoms. The van der Waals surface area contributed by atoms with E-state index in [1.165, 1.54) is 0 Å². The van der Waals surface area contributed by atoms with Gasteiger partial charge in [-0.25, -0.2) is 0 Å². The molecule has 0 unspecified atom stereocenters. The van der Waals surface area contributed by atoms with Gasteiger partial charge < -0.3 is 10.2 Å². The molecule has 132 valence electrons. The maximum absolute atomic E-state index is 12.2. The Balaban J connectivity index is 1.78. The number of phenolic OH excluding ortho intramolecular Hbond substituents is 2. The van der Waals surface area contributed by atoms with Gasteiger partial charge in [-0.2, -0.15) is 0 Å². The minimum atomic E-state index is -0.0798. The first-order valence-electron chi connectivity index (χ1n) is 8.55. The lowest BCUT2D eigenvalue weighted by atomic mass is 9.99. The molecule has 0 aliphatic carbocycles. The lowest BCUT2D eigenvalue weighted by Gasteiger charge is -2.07. The highest BCUT2D eigenvalue weighted by atomic mass is 16.3. The standard InChI is InChI=1S/C21H24O4/c1-14-8-6-10-16(20(14)24)18(22)12-4-3-5-13-19(23)17-11-7-9-15(2)21(17)25/h6-11,24-25H,3-5,12-13H2,1-2H3. The molecule has 0 fully saturated rings. The summed E-state index contributed by atoms with van der Waals surface area (Å²) in [5.74, 6) is -0.0529. The predicted molar refractivity (Wildman–Crippen MR) is 97.4 cm³/mol. The third-order valence-corrected chi connectivity index (χ3v) is 4.38. The predicted octanol–water partition coefficient (Wildman–Crippen LogP) is 4.73. The number of hydrogen-bond donors (Lipinski definition) is 2. The van der Waals surface area contributed by atoms with Crippen molar-refractivity contribution in [1.29, 1.82) is 0 Å². The van der Waals surface area contributed by atoms with Crippen LogP contribution in [0, 0.1) is 13.8 Å². The normalized spacial score (nSPS) is 10.6. The molecule has 0 aliphatic rings. The van der Waals surface area contributed by atoms with Gasteiger partial charge in [-0.1, -0.05) is 30.7 Å². The van der Waals surface area contributed by atoms with E-state index in [0.717, 1.165) is 6.42 Å². The largest absolute Gasteiger partial charge is 0.507 e. The SMILES string of the molecule is Cc1cccc(C(=O)CCCCCC(=O)c2cccc(C)c2O)c1O. The number of carbonyl (C=O) groups excluding carboxylic acids is 2. The number of phenols is 2. The van der Waals surface area contributed by atoms with Crippen molar-refractivity contribution in [1.82, 2.24) is 0 Å². The second kappa shape index (κ2) is 8.47. The van der Waals surface area contributed by atoms with Crippen LogP contribution in [0.15, 0.2) is 36.4 Å². The fraction of sp³-hybridized carbons (Fsp3) is 0.333. The summed E-state index contributed by atoms with van der Waals surface area (Å²) in [5.41, 5.74) is 2.10. The Hall–Kier alpha value is -2.62. The lowest BCUT2D eigenvalue weighted by Crippen LogP contribution is -2.02. The smallest absolute Gasteiger partial charge is 0.166 e. The number of benzene rings is 2. The van der Waals surface area contributed by atoms with E-state index in [9.17, 15) is 19.8 Å². The summed E-state index contributed by atoms with van der Waals surface area (Å²) in [7, 11) is 0. The molecule has 0 radical (unpaired) electrons. The van der Waals surface area contributed by atoms with Crippen LogP contribution < -0.4 is 0 Å². The molecule has 0 amide bonds. The molecule has 4 nitrogen and oxygen atoms in total. The second-order valence-corrected chi connectivity index (χ2v) is 6.35. The first kappa shape index (κ1) is 18.7. The van der Waals surface area contributed by atoms with Gasteiger partial charge in [-0.15, -0.1) is 0 Å². The summed E-state index contributed by atoms with van der Waals surface area (Å²) in [6, 6.07) is 10.3. The van der Waals surface area contributed by atoms with Crippen LogP contribution in [-0.4, -0.2) is 21.8 Å². The van der Waals surface area contributed by atoms with Gasteiger partial charge >= 0.3 is 0 Å². The Morgan fingerprint density at radius 2 is 1.12 bits per heavy atom. The van der Waals surface area contributed by atoms with Gasteiger partial charge in [0.05, 0.1) is 11.1 Å². The van der Waals surface area contributed by atoms with Crippen molar-refractivity contribution in [3.05, 3.63) is 58.7 Å². The minimum absolute atomic E-state index is 0.0533. The van der Waals surface area contributed by atoms with Gasteiger partial charge in [0.25, 0.3) is 0 Å². The molecule has 0 aliphatic heterocycles. The van der Waals surface area contributed by atoms with Crippen LogP contribution in [0.4, 0.5) is 0 Å². The first-order chi connectivity index (χ1) is 11.9. The first-order valence-corrected chi connectivity index (χ1v) is 8.55. The maximum Gasteiger partial charge on any atom is 0.166 e. The number of aromatic hydroxyl groups is 2. The summed E-state index contributed by atoms with van der Waals surface area (Å²) in [4.78, 5) is 24.3. The highest BCUT2D eigenvalue weighted by molar-refractivity contribution is 5.99. The summed E-state index contributed by atoms with van der Waals surface area (Å²) in [5, 5.41) is 19.9. The van der Waals surface area contributed by atoms with Gasteiger partial charge in [0.15, 0.2) is 11.6 Å². The number of aryl methyl sites for hydroxylation is 2. The van der Waals surface area contributed by atoms with Crippen molar-refractivity contribution < 1.29 is 19.8 Å². The van der Waals surface area contributed by atoms with Crippen molar-refractivity contribution in [2.75, 3.05) is 0 Å². The van der Waals surface area contributed by atoms with Gasteiger partial charge in [-0.3, -0.25) is 9.59 Å². The van der Waals surface area contributed by atoms with Crippen LogP contribution in [0.5, 0.6) is 11.5 Å². The number of para-hydroxylation sites is 2. The Morgan fingerprint density at radius 1 is 0.720 bits per heavy atom. The van der Waals surface area contributed by atoms with Crippen LogP contribution in [0.3, 0.4) is 0 Å². The van der Waals surface area contributed by atoms with Crippen molar-refractivity contribution in [3.8, 4) is 11.5 Å². The number of carbonyl (C=O) groups is 2. The van der Waals surface area contributed by atoms with Crippen LogP contribution in [-0.2, 0) is 0 Å². The van der Waals surface area contributed by atoms with E-state index < -0.39 is 0 Å². The molecule has 2 rings (SSSR count). The number of Topliss-reactive ketones (excluding diaryl/α,β-unsaturated/α-hetero) is 2. The molecule has 0 saturated carbocycles. The minimum Gasteiger partial charge on any atom is -0.507 e. The summed E-state index contributed by atoms with van der Waals surface area (Å²) >= 11 is 0. The Labute approximate surface area is 148 Å². The summed E-state index contributed by atoms with van der Waals surface area (Å²) < 4.78 is 0. The third kappa shape index (κ3) is 4.69. The maximum atomic E-state index is 12.2. The Morgan fingerprint density at radius 3 is 1.52 bits per heavy atom. The molecule has 0 heterocycles. The van der Waals surface area contributed by atoms with Crippen LogP contribution in [0.25, 0.3) is 0 Å². The van der Waals surface area contributed by atoms with E-state index >= 15 is 0 Å². The quantitative estimate of drug-likeness (QED) is 0.538. The van der Waals surface area contributed by atoms with Crippen molar-refractivity contribution in [2.24, 2.45) is 0 Å². The van der Waals surface area contributed by atoms with Gasteiger partial charge in [0.1, 0.15) is 11.5 Å². The molecule has 2 aromatic carbocycles. The molecule has 2 aromatic rings. The zero-order valence-corrected chi connectivity index (χ0v) is 14.7. The van der Waals surface area contributed by atoms with Crippen molar-refractivity contribution >= 4 is 11.6 Å². The zero-order valence-electron chi connectivity index (χ0n) is 14.7. The van der Waals surface area contributed by atoms with E-state index in [1.54, 1.807) is 50.2 Å². The number of hydrogen-bond acceptors (Lipinski definition) is 4. The van der Waals surface area contributed by atoms with Crippen LogP contribution in [0.1, 0.15) is 63.9 Å². The molecular formula is C21H24O4. The van der Waals surface area contributed by atoms with Crippen LogP contribution >= 0.6 is 0 Å². The Bertz CT molecular complexity index is 712. The topological polar surface area (TPSA) is 74.6 Å². The van der Waals surface area contributed by atoms with E-state index in [1.807, 2.05) is 0 Å². The molecule has 0 aromatic heterocycles. The lowest BCUT2D eigenvalue weighted by molar-refractivity contribution is 0.0976. The molecule has 0 atom stereocenters. The van der Waals surface area contributed by atoms with Crippen LogP contribution in [0.2, 0.25) is 0 Å². The average Bonchev–Trinajstić information content (AvgIpc) is 2.59. The second-order valence-electron chi connectivity index (χ2n) is 6.35. The monoisotopic (exact) mass is 340 g/mol. The highest BCUT2D eigenvalue weighted by Gasteiger charge is 2.14. The van der Waals surface area contributed by atoms with Crippen molar-refractivity contribution in [2.45, 2.75) is 46.0 Å². The number of ketones is 2. The highest BCUT2D eigenvalue weighted by Crippen LogP contribution is 2.25. The molecular weight excluding hydrogens is 316 g/mol. The van der Waals surface area contributed by atoms with Gasteiger partial charge in [-0.05, 0) is 49.9 Å².